The highest BCUT2D eigenvalue weighted by Gasteiger charge is 1.97. The van der Waals surface area contributed by atoms with E-state index < -0.39 is 0 Å². The molecule has 0 spiro atoms. The molecule has 90 valence electrons. The van der Waals surface area contributed by atoms with Crippen LogP contribution in [0, 0.1) is 6.92 Å². The summed E-state index contributed by atoms with van der Waals surface area (Å²) in [6, 6.07) is 8.03. The molecule has 4 nitrogen and oxygen atoms in total. The second kappa shape index (κ2) is 6.06. The number of imidazole rings is 1. The summed E-state index contributed by atoms with van der Waals surface area (Å²) in [6.45, 7) is 4.25. The molecule has 0 radical (unpaired) electrons. The fraction of sp³-hybridized carbons (Fsp3) is 0.308. The SMILES string of the molecule is Cc1ccccc1OCCNCc1ncc[nH]1. The summed E-state index contributed by atoms with van der Waals surface area (Å²) in [5, 5.41) is 3.26. The predicted molar refractivity (Wildman–Crippen MR) is 67.0 cm³/mol. The molecule has 2 aromatic rings. The number of nitrogens with one attached hydrogen (secondary N) is 2. The highest BCUT2D eigenvalue weighted by atomic mass is 16.5. The van der Waals surface area contributed by atoms with Gasteiger partial charge in [-0.3, -0.25) is 0 Å². The van der Waals surface area contributed by atoms with Crippen molar-refractivity contribution in [2.75, 3.05) is 13.2 Å². The van der Waals surface area contributed by atoms with Crippen LogP contribution in [0.3, 0.4) is 0 Å². The summed E-state index contributed by atoms with van der Waals surface area (Å²) in [5.41, 5.74) is 1.17. The zero-order chi connectivity index (χ0) is 11.9. The molecule has 1 aromatic heterocycles. The second-order valence-corrected chi connectivity index (χ2v) is 3.83. The van der Waals surface area contributed by atoms with Crippen LogP contribution in [0.4, 0.5) is 0 Å². The molecule has 2 rings (SSSR count). The van der Waals surface area contributed by atoms with Crippen molar-refractivity contribution < 1.29 is 4.74 Å². The number of hydrogen-bond acceptors (Lipinski definition) is 3. The Kier molecular flexibility index (Phi) is 4.16. The summed E-state index contributed by atoms with van der Waals surface area (Å²) in [4.78, 5) is 7.17. The van der Waals surface area contributed by atoms with Gasteiger partial charge in [0.15, 0.2) is 0 Å². The van der Waals surface area contributed by atoms with E-state index in [9.17, 15) is 0 Å². The van der Waals surface area contributed by atoms with Gasteiger partial charge in [-0.25, -0.2) is 4.98 Å². The van der Waals surface area contributed by atoms with Crippen LogP contribution >= 0.6 is 0 Å². The minimum atomic E-state index is 0.658. The molecule has 0 aliphatic carbocycles. The fourth-order valence-corrected chi connectivity index (χ4v) is 1.55. The summed E-state index contributed by atoms with van der Waals surface area (Å²) in [7, 11) is 0. The molecule has 0 saturated heterocycles. The molecular formula is C13H17N3O. The quantitative estimate of drug-likeness (QED) is 0.746. The molecule has 0 aliphatic heterocycles. The standard InChI is InChI=1S/C13H17N3O/c1-11-4-2-3-5-12(11)17-9-8-14-10-13-15-6-7-16-13/h2-7,14H,8-10H2,1H3,(H,15,16). The van der Waals surface area contributed by atoms with Crippen molar-refractivity contribution in [3.8, 4) is 5.75 Å². The van der Waals surface area contributed by atoms with E-state index in [0.717, 1.165) is 24.7 Å². The third-order valence-corrected chi connectivity index (χ3v) is 2.48. The first-order chi connectivity index (χ1) is 8.36. The number of hydrogen-bond donors (Lipinski definition) is 2. The third-order valence-electron chi connectivity index (χ3n) is 2.48. The fourth-order valence-electron chi connectivity index (χ4n) is 1.55. The van der Waals surface area contributed by atoms with Crippen LogP contribution in [0.25, 0.3) is 0 Å². The average Bonchev–Trinajstić information content (AvgIpc) is 2.84. The molecular weight excluding hydrogens is 214 g/mol. The minimum Gasteiger partial charge on any atom is -0.492 e. The number of ether oxygens (including phenoxy) is 1. The molecule has 0 atom stereocenters. The zero-order valence-electron chi connectivity index (χ0n) is 9.94. The van der Waals surface area contributed by atoms with Crippen LogP contribution in [0.15, 0.2) is 36.7 Å². The largest absolute Gasteiger partial charge is 0.492 e. The Morgan fingerprint density at radius 1 is 1.35 bits per heavy atom. The zero-order valence-corrected chi connectivity index (χ0v) is 9.94. The molecule has 2 N–H and O–H groups in total. The Hall–Kier alpha value is -1.81. The Labute approximate surface area is 101 Å². The number of rotatable bonds is 6. The van der Waals surface area contributed by atoms with Gasteiger partial charge in [0.2, 0.25) is 0 Å². The van der Waals surface area contributed by atoms with Crippen LogP contribution in [-0.4, -0.2) is 23.1 Å². The van der Waals surface area contributed by atoms with Gasteiger partial charge in [0.05, 0.1) is 6.54 Å². The molecule has 1 aromatic carbocycles. The number of H-pyrrole nitrogens is 1. The molecule has 1 heterocycles. The van der Waals surface area contributed by atoms with Crippen molar-refractivity contribution in [1.29, 1.82) is 0 Å². The van der Waals surface area contributed by atoms with E-state index >= 15 is 0 Å². The van der Waals surface area contributed by atoms with Crippen molar-refractivity contribution in [2.45, 2.75) is 13.5 Å². The Bertz CT molecular complexity index is 440. The lowest BCUT2D eigenvalue weighted by Crippen LogP contribution is -2.21. The van der Waals surface area contributed by atoms with Gasteiger partial charge in [0, 0.05) is 18.9 Å². The Morgan fingerprint density at radius 3 is 3.00 bits per heavy atom. The number of aromatic amines is 1. The maximum absolute atomic E-state index is 5.66. The van der Waals surface area contributed by atoms with E-state index in [0.29, 0.717) is 6.61 Å². The monoisotopic (exact) mass is 231 g/mol. The number of benzene rings is 1. The van der Waals surface area contributed by atoms with Crippen molar-refractivity contribution in [2.24, 2.45) is 0 Å². The summed E-state index contributed by atoms with van der Waals surface area (Å²) >= 11 is 0. The van der Waals surface area contributed by atoms with E-state index in [4.69, 9.17) is 4.74 Å². The van der Waals surface area contributed by atoms with Crippen molar-refractivity contribution in [1.82, 2.24) is 15.3 Å². The first kappa shape index (κ1) is 11.7. The van der Waals surface area contributed by atoms with Gasteiger partial charge in [0.25, 0.3) is 0 Å². The van der Waals surface area contributed by atoms with Gasteiger partial charge in [-0.05, 0) is 18.6 Å². The predicted octanol–water partition coefficient (Wildman–Crippen LogP) is 1.89. The first-order valence-corrected chi connectivity index (χ1v) is 5.73. The number of nitrogens with zero attached hydrogens (tertiary/aromatic N) is 1. The van der Waals surface area contributed by atoms with E-state index in [1.165, 1.54) is 5.56 Å². The number of aromatic nitrogens is 2. The molecule has 0 unspecified atom stereocenters. The summed E-state index contributed by atoms with van der Waals surface area (Å²) in [5.74, 6) is 1.90. The van der Waals surface area contributed by atoms with Crippen LogP contribution in [0.5, 0.6) is 5.75 Å². The molecule has 0 amide bonds. The van der Waals surface area contributed by atoms with E-state index in [1.807, 2.05) is 37.4 Å². The smallest absolute Gasteiger partial charge is 0.122 e. The maximum atomic E-state index is 5.66. The molecule has 0 aliphatic rings. The van der Waals surface area contributed by atoms with Crippen LogP contribution in [-0.2, 0) is 6.54 Å². The maximum Gasteiger partial charge on any atom is 0.122 e. The molecule has 17 heavy (non-hydrogen) atoms. The lowest BCUT2D eigenvalue weighted by atomic mass is 10.2. The summed E-state index contributed by atoms with van der Waals surface area (Å²) < 4.78 is 5.66. The number of para-hydroxylation sites is 1. The first-order valence-electron chi connectivity index (χ1n) is 5.73. The van der Waals surface area contributed by atoms with E-state index in [2.05, 4.69) is 15.3 Å². The second-order valence-electron chi connectivity index (χ2n) is 3.83. The van der Waals surface area contributed by atoms with Gasteiger partial charge in [-0.2, -0.15) is 0 Å². The van der Waals surface area contributed by atoms with Gasteiger partial charge in [-0.15, -0.1) is 0 Å². The van der Waals surface area contributed by atoms with Gasteiger partial charge < -0.3 is 15.0 Å². The molecule has 0 saturated carbocycles. The normalized spacial score (nSPS) is 10.4. The van der Waals surface area contributed by atoms with Crippen molar-refractivity contribution in [3.63, 3.8) is 0 Å². The number of aryl methyl sites for hydroxylation is 1. The summed E-state index contributed by atoms with van der Waals surface area (Å²) in [6.07, 6.45) is 3.57. The molecule has 4 heteroatoms. The van der Waals surface area contributed by atoms with Gasteiger partial charge in [0.1, 0.15) is 18.2 Å². The van der Waals surface area contributed by atoms with Gasteiger partial charge >= 0.3 is 0 Å². The highest BCUT2D eigenvalue weighted by Crippen LogP contribution is 2.15. The topological polar surface area (TPSA) is 49.9 Å². The van der Waals surface area contributed by atoms with Crippen molar-refractivity contribution in [3.05, 3.63) is 48.0 Å². The van der Waals surface area contributed by atoms with E-state index in [1.54, 1.807) is 6.20 Å². The lowest BCUT2D eigenvalue weighted by molar-refractivity contribution is 0.311. The van der Waals surface area contributed by atoms with Crippen LogP contribution in [0.1, 0.15) is 11.4 Å². The molecule has 0 fully saturated rings. The lowest BCUT2D eigenvalue weighted by Gasteiger charge is -2.08. The third kappa shape index (κ3) is 3.60. The average molecular weight is 231 g/mol. The van der Waals surface area contributed by atoms with Crippen LogP contribution in [0.2, 0.25) is 0 Å². The van der Waals surface area contributed by atoms with E-state index in [-0.39, 0.29) is 0 Å². The highest BCUT2D eigenvalue weighted by molar-refractivity contribution is 5.31. The Morgan fingerprint density at radius 2 is 2.24 bits per heavy atom. The molecule has 0 bridgehead atoms. The Balaban J connectivity index is 1.65. The van der Waals surface area contributed by atoms with Crippen LogP contribution < -0.4 is 10.1 Å². The van der Waals surface area contributed by atoms with Gasteiger partial charge in [-0.1, -0.05) is 18.2 Å². The minimum absolute atomic E-state index is 0.658. The van der Waals surface area contributed by atoms with Crippen molar-refractivity contribution >= 4 is 0 Å².